The molecule has 1 N–H and O–H groups in total. The van der Waals surface area contributed by atoms with E-state index in [1.54, 1.807) is 17.0 Å². The SMILES string of the molecule is CC[C@@H](C(=O)NC(C)(C)C)N(Cc1ccc(Cl)c(Cl)c1)C(=O)CSCc1ccc(Br)cc1. The highest BCUT2D eigenvalue weighted by Crippen LogP contribution is 2.25. The van der Waals surface area contributed by atoms with E-state index in [-0.39, 0.29) is 29.7 Å². The van der Waals surface area contributed by atoms with Crippen LogP contribution in [0.15, 0.2) is 46.9 Å². The van der Waals surface area contributed by atoms with Crippen LogP contribution in [0.5, 0.6) is 0 Å². The van der Waals surface area contributed by atoms with Gasteiger partial charge in [0.25, 0.3) is 0 Å². The van der Waals surface area contributed by atoms with Gasteiger partial charge in [0.2, 0.25) is 11.8 Å². The van der Waals surface area contributed by atoms with Gasteiger partial charge in [0.1, 0.15) is 6.04 Å². The lowest BCUT2D eigenvalue weighted by Gasteiger charge is -2.33. The van der Waals surface area contributed by atoms with Crippen LogP contribution in [0.25, 0.3) is 0 Å². The first-order valence-corrected chi connectivity index (χ1v) is 13.1. The Morgan fingerprint density at radius 2 is 1.69 bits per heavy atom. The van der Waals surface area contributed by atoms with Crippen LogP contribution in [-0.2, 0) is 21.9 Å². The fourth-order valence-electron chi connectivity index (χ4n) is 3.13. The summed E-state index contributed by atoms with van der Waals surface area (Å²) in [6.45, 7) is 7.98. The van der Waals surface area contributed by atoms with Gasteiger partial charge >= 0.3 is 0 Å². The van der Waals surface area contributed by atoms with Gasteiger partial charge in [-0.2, -0.15) is 0 Å². The Hall–Kier alpha value is -1.21. The van der Waals surface area contributed by atoms with Crippen molar-refractivity contribution in [3.8, 4) is 0 Å². The van der Waals surface area contributed by atoms with Crippen LogP contribution in [0.1, 0.15) is 45.2 Å². The second-order valence-electron chi connectivity index (χ2n) is 8.55. The van der Waals surface area contributed by atoms with Crippen LogP contribution in [0.3, 0.4) is 0 Å². The molecule has 2 aromatic rings. The largest absolute Gasteiger partial charge is 0.350 e. The molecule has 0 saturated heterocycles. The van der Waals surface area contributed by atoms with Crippen LogP contribution in [0.4, 0.5) is 0 Å². The van der Waals surface area contributed by atoms with Gasteiger partial charge in [0.05, 0.1) is 15.8 Å². The summed E-state index contributed by atoms with van der Waals surface area (Å²) in [6.07, 6.45) is 0.506. The zero-order valence-corrected chi connectivity index (χ0v) is 22.7. The number of nitrogens with zero attached hydrogens (tertiary/aromatic N) is 1. The van der Waals surface area contributed by atoms with E-state index >= 15 is 0 Å². The first kappa shape index (κ1) is 27.0. The molecule has 0 heterocycles. The van der Waals surface area contributed by atoms with Gasteiger partial charge < -0.3 is 10.2 Å². The van der Waals surface area contributed by atoms with E-state index in [0.717, 1.165) is 15.6 Å². The highest BCUT2D eigenvalue weighted by Gasteiger charge is 2.30. The minimum atomic E-state index is -0.579. The molecule has 0 unspecified atom stereocenters. The van der Waals surface area contributed by atoms with Gasteiger partial charge in [0.15, 0.2) is 0 Å². The van der Waals surface area contributed by atoms with Crippen LogP contribution in [0, 0.1) is 0 Å². The third-order valence-electron chi connectivity index (χ3n) is 4.63. The Kier molecular flexibility index (Phi) is 10.4. The third-order valence-corrected chi connectivity index (χ3v) is 6.88. The summed E-state index contributed by atoms with van der Waals surface area (Å²) in [5.74, 6) is 0.738. The molecule has 1 atom stereocenters. The van der Waals surface area contributed by atoms with Crippen molar-refractivity contribution >= 4 is 62.7 Å². The highest BCUT2D eigenvalue weighted by molar-refractivity contribution is 9.10. The highest BCUT2D eigenvalue weighted by atomic mass is 79.9. The Morgan fingerprint density at radius 3 is 2.25 bits per heavy atom. The van der Waals surface area contributed by atoms with Gasteiger partial charge in [-0.3, -0.25) is 9.59 Å². The van der Waals surface area contributed by atoms with Gasteiger partial charge in [-0.1, -0.05) is 64.3 Å². The van der Waals surface area contributed by atoms with Crippen LogP contribution >= 0.6 is 50.9 Å². The molecule has 0 spiro atoms. The number of hydrogen-bond acceptors (Lipinski definition) is 3. The van der Waals surface area contributed by atoms with E-state index in [9.17, 15) is 9.59 Å². The van der Waals surface area contributed by atoms with Crippen LogP contribution in [-0.4, -0.2) is 34.0 Å². The summed E-state index contributed by atoms with van der Waals surface area (Å²) >= 11 is 17.2. The Balaban J connectivity index is 2.18. The second kappa shape index (κ2) is 12.3. The number of nitrogens with one attached hydrogen (secondary N) is 1. The topological polar surface area (TPSA) is 49.4 Å². The fraction of sp³-hybridized carbons (Fsp3) is 0.417. The smallest absolute Gasteiger partial charge is 0.243 e. The molecule has 0 aromatic heterocycles. The molecule has 8 heteroatoms. The van der Waals surface area contributed by atoms with Crippen molar-refractivity contribution in [2.24, 2.45) is 0 Å². The molecule has 4 nitrogen and oxygen atoms in total. The summed E-state index contributed by atoms with van der Waals surface area (Å²) in [5.41, 5.74) is 1.58. The van der Waals surface area contributed by atoms with E-state index in [1.807, 2.05) is 58.0 Å². The molecule has 0 fully saturated rings. The third kappa shape index (κ3) is 8.62. The maximum Gasteiger partial charge on any atom is 0.243 e. The monoisotopic (exact) mass is 558 g/mol. The van der Waals surface area contributed by atoms with Crippen molar-refractivity contribution in [1.82, 2.24) is 10.2 Å². The summed E-state index contributed by atoms with van der Waals surface area (Å²) in [6, 6.07) is 12.7. The number of thioether (sulfide) groups is 1. The number of benzene rings is 2. The summed E-state index contributed by atoms with van der Waals surface area (Å²) < 4.78 is 1.02. The first-order chi connectivity index (χ1) is 15.0. The predicted molar refractivity (Wildman–Crippen MR) is 139 cm³/mol. The van der Waals surface area contributed by atoms with Crippen molar-refractivity contribution in [1.29, 1.82) is 0 Å². The number of rotatable bonds is 9. The standard InChI is InChI=1S/C24H29BrCl2N2O2S/c1-5-21(23(31)28-24(2,3)4)29(13-17-8-11-19(26)20(27)12-17)22(30)15-32-14-16-6-9-18(25)10-7-16/h6-12,21H,5,13-15H2,1-4H3,(H,28,31)/t21-/m0/s1. The second-order valence-corrected chi connectivity index (χ2v) is 11.3. The van der Waals surface area contributed by atoms with E-state index < -0.39 is 6.04 Å². The normalized spacial score (nSPS) is 12.3. The molecule has 2 amide bonds. The van der Waals surface area contributed by atoms with Gasteiger partial charge in [-0.15, -0.1) is 11.8 Å². The van der Waals surface area contributed by atoms with Gasteiger partial charge in [-0.25, -0.2) is 0 Å². The van der Waals surface area contributed by atoms with Crippen molar-refractivity contribution in [3.05, 3.63) is 68.1 Å². The molecule has 0 aliphatic heterocycles. The van der Waals surface area contributed by atoms with Crippen molar-refractivity contribution in [3.63, 3.8) is 0 Å². The molecule has 2 aromatic carbocycles. The minimum Gasteiger partial charge on any atom is -0.350 e. The molecule has 174 valence electrons. The summed E-state index contributed by atoms with van der Waals surface area (Å²) in [4.78, 5) is 27.9. The van der Waals surface area contributed by atoms with Gasteiger partial charge in [-0.05, 0) is 62.6 Å². The molecule has 32 heavy (non-hydrogen) atoms. The zero-order chi connectivity index (χ0) is 23.9. The molecule has 0 aliphatic rings. The number of hydrogen-bond donors (Lipinski definition) is 1. The van der Waals surface area contributed by atoms with Crippen molar-refractivity contribution in [2.75, 3.05) is 5.75 Å². The van der Waals surface area contributed by atoms with E-state index in [0.29, 0.717) is 22.2 Å². The molecule has 0 aliphatic carbocycles. The molecule has 2 rings (SSSR count). The average Bonchev–Trinajstić information content (AvgIpc) is 2.70. The number of halogens is 3. The Bertz CT molecular complexity index is 933. The summed E-state index contributed by atoms with van der Waals surface area (Å²) in [7, 11) is 0. The lowest BCUT2D eigenvalue weighted by Crippen LogP contribution is -2.53. The molecule has 0 bridgehead atoms. The van der Waals surface area contributed by atoms with E-state index in [4.69, 9.17) is 23.2 Å². The Labute approximate surface area is 213 Å². The lowest BCUT2D eigenvalue weighted by molar-refractivity contribution is -0.140. The fourth-order valence-corrected chi connectivity index (χ4v) is 4.58. The number of amides is 2. The zero-order valence-electron chi connectivity index (χ0n) is 18.8. The quantitative estimate of drug-likeness (QED) is 0.371. The van der Waals surface area contributed by atoms with Crippen molar-refractivity contribution in [2.45, 2.75) is 58.0 Å². The van der Waals surface area contributed by atoms with E-state index in [2.05, 4.69) is 21.2 Å². The predicted octanol–water partition coefficient (Wildman–Crippen LogP) is 6.71. The van der Waals surface area contributed by atoms with Crippen LogP contribution < -0.4 is 5.32 Å². The van der Waals surface area contributed by atoms with Crippen molar-refractivity contribution < 1.29 is 9.59 Å². The summed E-state index contributed by atoms with van der Waals surface area (Å²) in [5, 5.41) is 3.89. The molecular weight excluding hydrogens is 531 g/mol. The van der Waals surface area contributed by atoms with Crippen LogP contribution in [0.2, 0.25) is 10.0 Å². The minimum absolute atomic E-state index is 0.0888. The maximum absolute atomic E-state index is 13.3. The molecular formula is C24H29BrCl2N2O2S. The number of carbonyl (C=O) groups excluding carboxylic acids is 2. The van der Waals surface area contributed by atoms with E-state index in [1.165, 1.54) is 11.8 Å². The maximum atomic E-state index is 13.3. The van der Waals surface area contributed by atoms with Gasteiger partial charge in [0, 0.05) is 22.3 Å². The average molecular weight is 560 g/mol. The first-order valence-electron chi connectivity index (χ1n) is 10.4. The Morgan fingerprint density at radius 1 is 1.06 bits per heavy atom. The lowest BCUT2D eigenvalue weighted by atomic mass is 10.1. The number of carbonyl (C=O) groups is 2. The molecule has 0 saturated carbocycles. The molecule has 0 radical (unpaired) electrons.